The van der Waals surface area contributed by atoms with E-state index in [0.717, 1.165) is 54.7 Å². The van der Waals surface area contributed by atoms with E-state index in [2.05, 4.69) is 17.5 Å². The Bertz CT molecular complexity index is 1010. The van der Waals surface area contributed by atoms with Gasteiger partial charge in [-0.1, -0.05) is 30.4 Å². The summed E-state index contributed by atoms with van der Waals surface area (Å²) in [6, 6.07) is 12.7. The number of likely N-dealkylation sites (tertiary alicyclic amines) is 1. The molecule has 3 unspecified atom stereocenters. The Kier molecular flexibility index (Phi) is 4.34. The first-order valence-corrected chi connectivity index (χ1v) is 10.2. The normalized spacial score (nSPS) is 24.7. The number of anilines is 1. The van der Waals surface area contributed by atoms with Gasteiger partial charge in [-0.25, -0.2) is 0 Å². The average Bonchev–Trinajstić information content (AvgIpc) is 3.44. The topological polar surface area (TPSA) is 75.5 Å². The summed E-state index contributed by atoms with van der Waals surface area (Å²) in [5.74, 6) is 0.452. The van der Waals surface area contributed by atoms with Crippen LogP contribution < -0.4 is 5.32 Å². The Balaban J connectivity index is 1.52. The van der Waals surface area contributed by atoms with E-state index in [4.69, 9.17) is 0 Å². The van der Waals surface area contributed by atoms with Crippen molar-refractivity contribution in [1.29, 1.82) is 0 Å². The minimum Gasteiger partial charge on any atom is -0.377 e. The molecule has 29 heavy (non-hydrogen) atoms. The number of amides is 1. The number of carbonyl (C=O) groups excluding carboxylic acids is 1. The van der Waals surface area contributed by atoms with Crippen molar-refractivity contribution in [2.45, 2.75) is 31.2 Å². The van der Waals surface area contributed by atoms with E-state index in [1.165, 1.54) is 0 Å². The van der Waals surface area contributed by atoms with Crippen molar-refractivity contribution in [3.05, 3.63) is 81.4 Å². The molecule has 2 aromatic carbocycles. The number of hydrogen-bond donors (Lipinski definition) is 1. The molecule has 0 radical (unpaired) electrons. The van der Waals surface area contributed by atoms with Crippen molar-refractivity contribution in [3.8, 4) is 0 Å². The average molecular weight is 389 g/mol. The number of nitro benzene ring substituents is 1. The molecule has 6 heteroatoms. The lowest BCUT2D eigenvalue weighted by Crippen LogP contribution is -2.31. The summed E-state index contributed by atoms with van der Waals surface area (Å²) in [5, 5.41) is 15.1. The Morgan fingerprint density at radius 3 is 2.69 bits per heavy atom. The van der Waals surface area contributed by atoms with Gasteiger partial charge < -0.3 is 10.2 Å². The van der Waals surface area contributed by atoms with Crippen LogP contribution in [0.4, 0.5) is 11.4 Å². The molecule has 0 bridgehead atoms. The van der Waals surface area contributed by atoms with Crippen LogP contribution in [0.2, 0.25) is 0 Å². The number of carbonyl (C=O) groups is 1. The van der Waals surface area contributed by atoms with Gasteiger partial charge in [0.05, 0.1) is 16.5 Å². The van der Waals surface area contributed by atoms with Crippen LogP contribution in [-0.2, 0) is 0 Å². The Morgan fingerprint density at radius 1 is 1.10 bits per heavy atom. The van der Waals surface area contributed by atoms with Gasteiger partial charge in [-0.2, -0.15) is 0 Å². The Morgan fingerprint density at radius 2 is 1.90 bits per heavy atom. The highest BCUT2D eigenvalue weighted by Crippen LogP contribution is 2.51. The summed E-state index contributed by atoms with van der Waals surface area (Å²) < 4.78 is 0. The van der Waals surface area contributed by atoms with E-state index < -0.39 is 0 Å². The highest BCUT2D eigenvalue weighted by Gasteiger charge is 2.40. The van der Waals surface area contributed by atoms with Crippen LogP contribution in [0.3, 0.4) is 0 Å². The van der Waals surface area contributed by atoms with Crippen LogP contribution in [0.15, 0.2) is 54.6 Å². The highest BCUT2D eigenvalue weighted by atomic mass is 16.6. The summed E-state index contributed by atoms with van der Waals surface area (Å²) in [7, 11) is 0. The molecular formula is C23H23N3O3. The number of para-hydroxylation sites is 1. The summed E-state index contributed by atoms with van der Waals surface area (Å²) in [5.41, 5.74) is 3.68. The summed E-state index contributed by atoms with van der Waals surface area (Å²) >= 11 is 0. The number of rotatable bonds is 3. The van der Waals surface area contributed by atoms with Crippen LogP contribution in [-0.4, -0.2) is 28.8 Å². The zero-order valence-corrected chi connectivity index (χ0v) is 16.1. The minimum absolute atomic E-state index is 0.102. The van der Waals surface area contributed by atoms with E-state index in [9.17, 15) is 14.9 Å². The zero-order valence-electron chi connectivity index (χ0n) is 16.1. The van der Waals surface area contributed by atoms with Crippen molar-refractivity contribution in [3.63, 3.8) is 0 Å². The van der Waals surface area contributed by atoms with Gasteiger partial charge >= 0.3 is 0 Å². The third-order valence-electron chi connectivity index (χ3n) is 6.47. The SMILES string of the molecule is O=C(c1ccc2c(c1)C1C=CCC1C(c1ccccc1[N+](=O)[O-])N2)N1CCCC1. The van der Waals surface area contributed by atoms with Crippen LogP contribution in [0.25, 0.3) is 0 Å². The molecule has 2 aliphatic heterocycles. The molecule has 0 aromatic heterocycles. The molecule has 1 N–H and O–H groups in total. The quantitative estimate of drug-likeness (QED) is 0.471. The molecular weight excluding hydrogens is 366 g/mol. The first kappa shape index (κ1) is 17.9. The van der Waals surface area contributed by atoms with Crippen molar-refractivity contribution >= 4 is 17.3 Å². The molecule has 5 rings (SSSR count). The zero-order chi connectivity index (χ0) is 20.0. The maximum absolute atomic E-state index is 12.8. The molecule has 3 aliphatic rings. The predicted molar refractivity (Wildman–Crippen MR) is 111 cm³/mol. The van der Waals surface area contributed by atoms with Gasteiger partial charge in [0, 0.05) is 36.3 Å². The molecule has 0 spiro atoms. The van der Waals surface area contributed by atoms with E-state index in [0.29, 0.717) is 0 Å². The fraction of sp³-hybridized carbons (Fsp3) is 0.348. The summed E-state index contributed by atoms with van der Waals surface area (Å²) in [6.45, 7) is 1.67. The molecule has 2 aromatic rings. The lowest BCUT2D eigenvalue weighted by Gasteiger charge is -2.37. The molecule has 6 nitrogen and oxygen atoms in total. The number of nitro groups is 1. The molecule has 2 heterocycles. The van der Waals surface area contributed by atoms with Crippen molar-refractivity contribution in [1.82, 2.24) is 4.90 Å². The number of allylic oxidation sites excluding steroid dienone is 2. The number of hydrogen-bond acceptors (Lipinski definition) is 4. The molecule has 0 saturated carbocycles. The van der Waals surface area contributed by atoms with Gasteiger partial charge in [-0.05, 0) is 48.9 Å². The van der Waals surface area contributed by atoms with E-state index in [1.807, 2.05) is 35.2 Å². The summed E-state index contributed by atoms with van der Waals surface area (Å²) in [4.78, 5) is 26.0. The molecule has 3 atom stereocenters. The van der Waals surface area contributed by atoms with Crippen molar-refractivity contribution in [2.24, 2.45) is 5.92 Å². The largest absolute Gasteiger partial charge is 0.377 e. The predicted octanol–water partition coefficient (Wildman–Crippen LogP) is 4.66. The van der Waals surface area contributed by atoms with Crippen LogP contribution in [0, 0.1) is 16.0 Å². The molecule has 1 amide bonds. The van der Waals surface area contributed by atoms with Gasteiger partial charge in [0.2, 0.25) is 0 Å². The van der Waals surface area contributed by atoms with E-state index >= 15 is 0 Å². The number of fused-ring (bicyclic) bond motifs is 3. The molecule has 148 valence electrons. The van der Waals surface area contributed by atoms with Crippen molar-refractivity contribution < 1.29 is 9.72 Å². The number of nitrogens with one attached hydrogen (secondary N) is 1. The van der Waals surface area contributed by atoms with Gasteiger partial charge in [0.25, 0.3) is 11.6 Å². The second kappa shape index (κ2) is 7.03. The maximum atomic E-state index is 12.8. The first-order chi connectivity index (χ1) is 14.1. The van der Waals surface area contributed by atoms with E-state index in [-0.39, 0.29) is 34.4 Å². The fourth-order valence-electron chi connectivity index (χ4n) is 5.05. The second-order valence-corrected chi connectivity index (χ2v) is 8.09. The van der Waals surface area contributed by atoms with Crippen molar-refractivity contribution in [2.75, 3.05) is 18.4 Å². The standard InChI is InChI=1S/C23H23N3O3/c27-23(25-12-3-4-13-25)15-10-11-20-19(14-15)16-7-5-8-17(16)22(24-20)18-6-1-2-9-21(18)26(28)29/h1-2,5-7,9-11,14,16-17,22,24H,3-4,8,12-13H2. The second-order valence-electron chi connectivity index (χ2n) is 8.09. The fourth-order valence-corrected chi connectivity index (χ4v) is 5.05. The third kappa shape index (κ3) is 2.99. The Labute approximate surface area is 169 Å². The lowest BCUT2D eigenvalue weighted by atomic mass is 9.76. The monoisotopic (exact) mass is 389 g/mol. The van der Waals surface area contributed by atoms with Gasteiger partial charge in [-0.3, -0.25) is 14.9 Å². The molecule has 1 aliphatic carbocycles. The summed E-state index contributed by atoms with van der Waals surface area (Å²) in [6.07, 6.45) is 7.35. The van der Waals surface area contributed by atoms with Gasteiger partial charge in [0.1, 0.15) is 0 Å². The van der Waals surface area contributed by atoms with Crippen LogP contribution >= 0.6 is 0 Å². The molecule has 1 saturated heterocycles. The van der Waals surface area contributed by atoms with Gasteiger partial charge in [-0.15, -0.1) is 0 Å². The minimum atomic E-state index is -0.304. The lowest BCUT2D eigenvalue weighted by molar-refractivity contribution is -0.385. The Hall–Kier alpha value is -3.15. The maximum Gasteiger partial charge on any atom is 0.274 e. The van der Waals surface area contributed by atoms with E-state index in [1.54, 1.807) is 12.1 Å². The van der Waals surface area contributed by atoms with Crippen LogP contribution in [0.5, 0.6) is 0 Å². The molecule has 1 fully saturated rings. The number of benzene rings is 2. The smallest absolute Gasteiger partial charge is 0.274 e. The van der Waals surface area contributed by atoms with Crippen LogP contribution in [0.1, 0.15) is 52.7 Å². The highest BCUT2D eigenvalue weighted by molar-refractivity contribution is 5.95. The number of nitrogens with zero attached hydrogens (tertiary/aromatic N) is 2. The third-order valence-corrected chi connectivity index (χ3v) is 6.47. The van der Waals surface area contributed by atoms with Gasteiger partial charge in [0.15, 0.2) is 0 Å². The first-order valence-electron chi connectivity index (χ1n) is 10.2.